The standard InChI is InChI=1S/C17H22N2O2/c1-19(11-12-21-13-14-8-9-14)17(20)16-7-3-2-5-15(16)6-4-10-18/h2-3,5,7,14H,8-13,18H2,1H3. The number of ether oxygens (including phenoxy) is 1. The second-order valence-electron chi connectivity index (χ2n) is 5.30. The number of carbonyl (C=O) groups excluding carboxylic acids is 1. The van der Waals surface area contributed by atoms with Crippen LogP contribution in [-0.4, -0.2) is 44.2 Å². The van der Waals surface area contributed by atoms with Gasteiger partial charge in [0.15, 0.2) is 0 Å². The highest BCUT2D eigenvalue weighted by atomic mass is 16.5. The molecule has 0 spiro atoms. The second-order valence-corrected chi connectivity index (χ2v) is 5.30. The van der Waals surface area contributed by atoms with Crippen LogP contribution in [0.1, 0.15) is 28.8 Å². The molecule has 0 unspecified atom stereocenters. The van der Waals surface area contributed by atoms with Gasteiger partial charge < -0.3 is 15.4 Å². The van der Waals surface area contributed by atoms with E-state index in [1.165, 1.54) is 12.8 Å². The first kappa shape index (κ1) is 15.6. The average molecular weight is 286 g/mol. The van der Waals surface area contributed by atoms with Gasteiger partial charge in [-0.15, -0.1) is 0 Å². The molecule has 1 amide bonds. The van der Waals surface area contributed by atoms with Crippen LogP contribution in [0.3, 0.4) is 0 Å². The maximum atomic E-state index is 12.4. The van der Waals surface area contributed by atoms with Crippen molar-refractivity contribution in [2.24, 2.45) is 11.7 Å². The molecule has 0 aliphatic heterocycles. The van der Waals surface area contributed by atoms with E-state index in [-0.39, 0.29) is 12.5 Å². The number of nitrogens with two attached hydrogens (primary N) is 1. The molecule has 0 heterocycles. The van der Waals surface area contributed by atoms with Gasteiger partial charge in [0.1, 0.15) is 0 Å². The fraction of sp³-hybridized carbons (Fsp3) is 0.471. The van der Waals surface area contributed by atoms with Gasteiger partial charge in [-0.1, -0.05) is 24.0 Å². The molecular weight excluding hydrogens is 264 g/mol. The molecule has 4 nitrogen and oxygen atoms in total. The van der Waals surface area contributed by atoms with Crippen molar-refractivity contribution in [3.63, 3.8) is 0 Å². The molecule has 2 N–H and O–H groups in total. The van der Waals surface area contributed by atoms with Crippen LogP contribution < -0.4 is 5.73 Å². The third-order valence-electron chi connectivity index (χ3n) is 3.45. The summed E-state index contributed by atoms with van der Waals surface area (Å²) in [5.74, 6) is 6.45. The van der Waals surface area contributed by atoms with Gasteiger partial charge in [0.25, 0.3) is 5.91 Å². The van der Waals surface area contributed by atoms with Crippen LogP contribution in [0.2, 0.25) is 0 Å². The summed E-state index contributed by atoms with van der Waals surface area (Å²) in [6.07, 6.45) is 2.56. The molecule has 0 atom stereocenters. The van der Waals surface area contributed by atoms with Gasteiger partial charge in [-0.25, -0.2) is 0 Å². The summed E-state index contributed by atoms with van der Waals surface area (Å²) in [5.41, 5.74) is 6.72. The van der Waals surface area contributed by atoms with Crippen LogP contribution in [0, 0.1) is 17.8 Å². The summed E-state index contributed by atoms with van der Waals surface area (Å²) < 4.78 is 5.57. The van der Waals surface area contributed by atoms with E-state index < -0.39 is 0 Å². The van der Waals surface area contributed by atoms with E-state index in [1.54, 1.807) is 18.0 Å². The molecule has 0 aromatic heterocycles. The maximum Gasteiger partial charge on any atom is 0.254 e. The third kappa shape index (κ3) is 4.89. The van der Waals surface area contributed by atoms with Crippen LogP contribution in [0.5, 0.6) is 0 Å². The lowest BCUT2D eigenvalue weighted by molar-refractivity contribution is 0.0681. The first-order valence-corrected chi connectivity index (χ1v) is 7.33. The van der Waals surface area contributed by atoms with Crippen molar-refractivity contribution < 1.29 is 9.53 Å². The van der Waals surface area contributed by atoms with Crippen molar-refractivity contribution in [2.75, 3.05) is 33.4 Å². The Morgan fingerprint density at radius 3 is 2.90 bits per heavy atom. The number of likely N-dealkylation sites (N-methyl/N-ethyl adjacent to an activating group) is 1. The topological polar surface area (TPSA) is 55.6 Å². The Morgan fingerprint density at radius 1 is 1.43 bits per heavy atom. The summed E-state index contributed by atoms with van der Waals surface area (Å²) in [6, 6.07) is 7.35. The number of carbonyl (C=O) groups is 1. The van der Waals surface area contributed by atoms with Gasteiger partial charge in [0.2, 0.25) is 0 Å². The Kier molecular flexibility index (Phi) is 5.79. The van der Waals surface area contributed by atoms with Gasteiger partial charge in [-0.05, 0) is 30.9 Å². The zero-order valence-electron chi connectivity index (χ0n) is 12.5. The molecule has 1 aromatic rings. The van der Waals surface area contributed by atoms with Crippen LogP contribution in [0.15, 0.2) is 24.3 Å². The normalized spacial score (nSPS) is 13.4. The van der Waals surface area contributed by atoms with Crippen molar-refractivity contribution in [3.8, 4) is 11.8 Å². The first-order chi connectivity index (χ1) is 10.2. The predicted octanol–water partition coefficient (Wildman–Crippen LogP) is 1.50. The highest BCUT2D eigenvalue weighted by Gasteiger charge is 2.21. The Hall–Kier alpha value is -1.83. The lowest BCUT2D eigenvalue weighted by Gasteiger charge is -2.18. The Labute approximate surface area is 126 Å². The summed E-state index contributed by atoms with van der Waals surface area (Å²) in [6.45, 7) is 2.27. The van der Waals surface area contributed by atoms with Gasteiger partial charge in [-0.3, -0.25) is 4.79 Å². The highest BCUT2D eigenvalue weighted by molar-refractivity contribution is 5.96. The monoisotopic (exact) mass is 286 g/mol. The van der Waals surface area contributed by atoms with E-state index in [0.717, 1.165) is 18.1 Å². The fourth-order valence-electron chi connectivity index (χ4n) is 1.97. The maximum absolute atomic E-state index is 12.4. The minimum atomic E-state index is -0.0352. The van der Waals surface area contributed by atoms with Crippen LogP contribution in [0.25, 0.3) is 0 Å². The van der Waals surface area contributed by atoms with Gasteiger partial charge in [0, 0.05) is 25.8 Å². The molecule has 112 valence electrons. The largest absolute Gasteiger partial charge is 0.379 e. The van der Waals surface area contributed by atoms with Crippen molar-refractivity contribution in [3.05, 3.63) is 35.4 Å². The van der Waals surface area contributed by atoms with Crippen LogP contribution >= 0.6 is 0 Å². The van der Waals surface area contributed by atoms with Gasteiger partial charge in [0.05, 0.1) is 18.7 Å². The first-order valence-electron chi connectivity index (χ1n) is 7.33. The van der Waals surface area contributed by atoms with E-state index in [2.05, 4.69) is 11.8 Å². The molecule has 2 rings (SSSR count). The SMILES string of the molecule is CN(CCOCC1CC1)C(=O)c1ccccc1C#CCN. The molecule has 1 aliphatic rings. The molecular formula is C17H22N2O2. The van der Waals surface area contributed by atoms with E-state index in [1.807, 2.05) is 18.2 Å². The van der Waals surface area contributed by atoms with E-state index in [0.29, 0.717) is 18.7 Å². The van der Waals surface area contributed by atoms with Crippen molar-refractivity contribution in [2.45, 2.75) is 12.8 Å². The second kappa shape index (κ2) is 7.82. The Balaban J connectivity index is 1.91. The summed E-state index contributed by atoms with van der Waals surface area (Å²) in [7, 11) is 1.79. The summed E-state index contributed by atoms with van der Waals surface area (Å²) >= 11 is 0. The number of benzene rings is 1. The zero-order chi connectivity index (χ0) is 15.1. The summed E-state index contributed by atoms with van der Waals surface area (Å²) in [5, 5.41) is 0. The van der Waals surface area contributed by atoms with Gasteiger partial charge in [-0.2, -0.15) is 0 Å². The highest BCUT2D eigenvalue weighted by Crippen LogP contribution is 2.28. The number of amides is 1. The quantitative estimate of drug-likeness (QED) is 0.637. The Bertz CT molecular complexity index is 541. The molecule has 1 aromatic carbocycles. The number of nitrogens with zero attached hydrogens (tertiary/aromatic N) is 1. The zero-order valence-corrected chi connectivity index (χ0v) is 12.5. The number of hydrogen-bond acceptors (Lipinski definition) is 3. The molecule has 1 fully saturated rings. The van der Waals surface area contributed by atoms with Crippen LogP contribution in [0.4, 0.5) is 0 Å². The number of hydrogen-bond donors (Lipinski definition) is 1. The van der Waals surface area contributed by atoms with Crippen molar-refractivity contribution in [1.29, 1.82) is 0 Å². The summed E-state index contributed by atoms with van der Waals surface area (Å²) in [4.78, 5) is 14.1. The van der Waals surface area contributed by atoms with Crippen molar-refractivity contribution >= 4 is 5.91 Å². The molecule has 0 radical (unpaired) electrons. The molecule has 4 heteroatoms. The molecule has 0 bridgehead atoms. The smallest absolute Gasteiger partial charge is 0.254 e. The Morgan fingerprint density at radius 2 is 2.19 bits per heavy atom. The molecule has 0 saturated heterocycles. The number of rotatable bonds is 6. The molecule has 1 saturated carbocycles. The van der Waals surface area contributed by atoms with Crippen molar-refractivity contribution in [1.82, 2.24) is 4.90 Å². The van der Waals surface area contributed by atoms with E-state index in [4.69, 9.17) is 10.5 Å². The molecule has 1 aliphatic carbocycles. The minimum Gasteiger partial charge on any atom is -0.379 e. The van der Waals surface area contributed by atoms with Crippen LogP contribution in [-0.2, 0) is 4.74 Å². The lowest BCUT2D eigenvalue weighted by atomic mass is 10.1. The van der Waals surface area contributed by atoms with E-state index in [9.17, 15) is 4.79 Å². The van der Waals surface area contributed by atoms with Gasteiger partial charge >= 0.3 is 0 Å². The predicted molar refractivity (Wildman–Crippen MR) is 82.9 cm³/mol. The third-order valence-corrected chi connectivity index (χ3v) is 3.45. The van der Waals surface area contributed by atoms with E-state index >= 15 is 0 Å². The fourth-order valence-corrected chi connectivity index (χ4v) is 1.97. The average Bonchev–Trinajstić information content (AvgIpc) is 3.33. The minimum absolute atomic E-state index is 0.0352. The molecule has 21 heavy (non-hydrogen) atoms. The lowest BCUT2D eigenvalue weighted by Crippen LogP contribution is -2.30.